The molecule has 0 aliphatic heterocycles. The van der Waals surface area contributed by atoms with E-state index < -0.39 is 8.32 Å². The first-order valence-electron chi connectivity index (χ1n) is 6.08. The van der Waals surface area contributed by atoms with E-state index >= 15 is 0 Å². The van der Waals surface area contributed by atoms with E-state index in [0.717, 1.165) is 11.8 Å². The molecule has 86 valence electrons. The molecule has 0 aromatic heterocycles. The van der Waals surface area contributed by atoms with Crippen LogP contribution in [0.5, 0.6) is 0 Å². The van der Waals surface area contributed by atoms with Crippen molar-refractivity contribution in [3.63, 3.8) is 0 Å². The molecule has 3 saturated carbocycles. The van der Waals surface area contributed by atoms with Crippen LogP contribution in [0, 0.1) is 17.3 Å². The first-order chi connectivity index (χ1) is 6.72. The van der Waals surface area contributed by atoms with Crippen LogP contribution in [-0.4, -0.2) is 14.4 Å². The topological polar surface area (TPSA) is 9.23 Å². The fourth-order valence-corrected chi connectivity index (χ4v) is 4.33. The van der Waals surface area contributed by atoms with Crippen LogP contribution < -0.4 is 0 Å². The van der Waals surface area contributed by atoms with E-state index in [1.165, 1.54) is 18.4 Å². The Labute approximate surface area is 95.0 Å². The molecule has 2 bridgehead atoms. The highest BCUT2D eigenvalue weighted by molar-refractivity contribution is 6.69. The summed E-state index contributed by atoms with van der Waals surface area (Å²) < 4.78 is 6.22. The van der Waals surface area contributed by atoms with Gasteiger partial charge in [-0.1, -0.05) is 20.4 Å². The lowest BCUT2D eigenvalue weighted by Gasteiger charge is -2.60. The molecule has 2 heteroatoms. The van der Waals surface area contributed by atoms with E-state index in [1.807, 2.05) is 0 Å². The lowest BCUT2D eigenvalue weighted by Crippen LogP contribution is -2.55. The summed E-state index contributed by atoms with van der Waals surface area (Å²) in [6.07, 6.45) is 2.94. The summed E-state index contributed by atoms with van der Waals surface area (Å²) in [4.78, 5) is 0. The third-order valence-corrected chi connectivity index (χ3v) is 5.32. The standard InChI is InChI=1S/C13H24OSi/c1-9-11-7-10(13(11,2)3)8-12(9)14-15(4,5)6/h10-12H,1,7-8H2,2-6H3/t10-,11+,12+/m1/s1. The minimum absolute atomic E-state index is 0.369. The Kier molecular flexibility index (Phi) is 2.44. The van der Waals surface area contributed by atoms with E-state index in [1.54, 1.807) is 0 Å². The highest BCUT2D eigenvalue weighted by Crippen LogP contribution is 2.61. The average molecular weight is 224 g/mol. The Hall–Kier alpha value is -0.0831. The van der Waals surface area contributed by atoms with Crippen molar-refractivity contribution < 1.29 is 4.43 Å². The van der Waals surface area contributed by atoms with Gasteiger partial charge in [-0.25, -0.2) is 0 Å². The van der Waals surface area contributed by atoms with Crippen LogP contribution in [0.1, 0.15) is 26.7 Å². The lowest BCUT2D eigenvalue weighted by molar-refractivity contribution is -0.0661. The van der Waals surface area contributed by atoms with Gasteiger partial charge in [0.1, 0.15) is 0 Å². The monoisotopic (exact) mass is 224 g/mol. The maximum Gasteiger partial charge on any atom is 0.184 e. The molecule has 3 atom stereocenters. The smallest absolute Gasteiger partial charge is 0.184 e. The molecule has 3 aliphatic carbocycles. The van der Waals surface area contributed by atoms with Crippen molar-refractivity contribution in [3.05, 3.63) is 12.2 Å². The minimum atomic E-state index is -1.40. The summed E-state index contributed by atoms with van der Waals surface area (Å²) in [5.41, 5.74) is 1.88. The number of fused-ring (bicyclic) bond motifs is 2. The second-order valence-corrected chi connectivity index (χ2v) is 11.3. The molecule has 0 radical (unpaired) electrons. The first-order valence-corrected chi connectivity index (χ1v) is 9.49. The van der Waals surface area contributed by atoms with Gasteiger partial charge in [-0.05, 0) is 55.3 Å². The molecule has 3 rings (SSSR count). The molecule has 0 aromatic rings. The summed E-state index contributed by atoms with van der Waals surface area (Å²) in [5.74, 6) is 1.59. The lowest BCUT2D eigenvalue weighted by atomic mass is 9.47. The molecule has 3 aliphatic rings. The zero-order valence-electron chi connectivity index (χ0n) is 10.8. The molecule has 15 heavy (non-hydrogen) atoms. The molecule has 0 unspecified atom stereocenters. The average Bonchev–Trinajstić information content (AvgIpc) is 2.05. The second-order valence-electron chi connectivity index (χ2n) is 6.84. The third-order valence-electron chi connectivity index (χ3n) is 4.33. The van der Waals surface area contributed by atoms with E-state index in [0.29, 0.717) is 11.5 Å². The highest BCUT2D eigenvalue weighted by atomic mass is 28.4. The van der Waals surface area contributed by atoms with Crippen molar-refractivity contribution in [2.24, 2.45) is 17.3 Å². The van der Waals surface area contributed by atoms with Gasteiger partial charge in [-0.2, -0.15) is 0 Å². The van der Waals surface area contributed by atoms with Crippen molar-refractivity contribution in [2.45, 2.75) is 52.4 Å². The Bertz CT molecular complexity index is 287. The van der Waals surface area contributed by atoms with Gasteiger partial charge in [0.05, 0.1) is 6.10 Å². The molecular weight excluding hydrogens is 200 g/mol. The number of rotatable bonds is 2. The van der Waals surface area contributed by atoms with Gasteiger partial charge in [-0.15, -0.1) is 0 Å². The molecule has 0 heterocycles. The predicted octanol–water partition coefficient (Wildman–Crippen LogP) is 3.83. The SMILES string of the molecule is C=C1[C@@H](O[Si](C)(C)C)C[C@H]2C[C@@H]1C2(C)C. The first kappa shape index (κ1) is 11.4. The van der Waals surface area contributed by atoms with Crippen molar-refractivity contribution in [1.82, 2.24) is 0 Å². The fraction of sp³-hybridized carbons (Fsp3) is 0.846. The van der Waals surface area contributed by atoms with Crippen LogP contribution in [0.15, 0.2) is 12.2 Å². The van der Waals surface area contributed by atoms with E-state index in [-0.39, 0.29) is 0 Å². The van der Waals surface area contributed by atoms with Gasteiger partial charge in [-0.3, -0.25) is 0 Å². The van der Waals surface area contributed by atoms with Gasteiger partial charge >= 0.3 is 0 Å². The van der Waals surface area contributed by atoms with Crippen LogP contribution in [0.25, 0.3) is 0 Å². The van der Waals surface area contributed by atoms with Crippen LogP contribution in [0.4, 0.5) is 0 Å². The molecule has 0 spiro atoms. The number of hydrogen-bond acceptors (Lipinski definition) is 1. The summed E-state index contributed by atoms with van der Waals surface area (Å²) in [7, 11) is -1.40. The molecule has 0 aromatic carbocycles. The molecule has 0 amide bonds. The predicted molar refractivity (Wildman–Crippen MR) is 67.4 cm³/mol. The Morgan fingerprint density at radius 3 is 2.27 bits per heavy atom. The highest BCUT2D eigenvalue weighted by Gasteiger charge is 2.55. The number of hydrogen-bond donors (Lipinski definition) is 0. The van der Waals surface area contributed by atoms with E-state index in [2.05, 4.69) is 40.1 Å². The molecule has 1 nitrogen and oxygen atoms in total. The Morgan fingerprint density at radius 2 is 1.87 bits per heavy atom. The zero-order chi connectivity index (χ0) is 11.4. The summed E-state index contributed by atoms with van der Waals surface area (Å²) in [5, 5.41) is 0. The summed E-state index contributed by atoms with van der Waals surface area (Å²) in [6, 6.07) is 0. The van der Waals surface area contributed by atoms with Crippen molar-refractivity contribution in [2.75, 3.05) is 0 Å². The molecule has 0 N–H and O–H groups in total. The molecule has 3 fully saturated rings. The van der Waals surface area contributed by atoms with Gasteiger partial charge in [0, 0.05) is 0 Å². The minimum Gasteiger partial charge on any atom is -0.411 e. The maximum atomic E-state index is 6.22. The van der Waals surface area contributed by atoms with Gasteiger partial charge in [0.2, 0.25) is 0 Å². The van der Waals surface area contributed by atoms with Crippen molar-refractivity contribution >= 4 is 8.32 Å². The molecule has 0 saturated heterocycles. The fourth-order valence-electron chi connectivity index (χ4n) is 3.23. The summed E-state index contributed by atoms with van der Waals surface area (Å²) >= 11 is 0. The van der Waals surface area contributed by atoms with E-state index in [4.69, 9.17) is 4.43 Å². The zero-order valence-corrected chi connectivity index (χ0v) is 11.8. The molecular formula is C13H24OSi. The van der Waals surface area contributed by atoms with Crippen LogP contribution in [-0.2, 0) is 4.43 Å². The quantitative estimate of drug-likeness (QED) is 0.512. The largest absolute Gasteiger partial charge is 0.411 e. The van der Waals surface area contributed by atoms with Crippen LogP contribution in [0.3, 0.4) is 0 Å². The summed E-state index contributed by atoms with van der Waals surface area (Å²) in [6.45, 7) is 15.9. The van der Waals surface area contributed by atoms with Crippen LogP contribution >= 0.6 is 0 Å². The van der Waals surface area contributed by atoms with Gasteiger partial charge < -0.3 is 4.43 Å². The normalized spacial score (nSPS) is 38.7. The van der Waals surface area contributed by atoms with Crippen molar-refractivity contribution in [1.29, 1.82) is 0 Å². The van der Waals surface area contributed by atoms with Gasteiger partial charge in [0.15, 0.2) is 8.32 Å². The Morgan fingerprint density at radius 1 is 1.27 bits per heavy atom. The van der Waals surface area contributed by atoms with Gasteiger partial charge in [0.25, 0.3) is 0 Å². The van der Waals surface area contributed by atoms with Crippen LogP contribution in [0.2, 0.25) is 19.6 Å². The van der Waals surface area contributed by atoms with Crippen molar-refractivity contribution in [3.8, 4) is 0 Å². The maximum absolute atomic E-state index is 6.22. The second kappa shape index (κ2) is 3.20. The third kappa shape index (κ3) is 1.82. The Balaban J connectivity index is 2.06. The van der Waals surface area contributed by atoms with E-state index in [9.17, 15) is 0 Å².